The number of carbonyl (C=O) groups is 2. The second-order valence-corrected chi connectivity index (χ2v) is 6.57. The first-order chi connectivity index (χ1) is 11.7. The Morgan fingerprint density at radius 1 is 1.04 bits per heavy atom. The summed E-state index contributed by atoms with van der Waals surface area (Å²) in [7, 11) is 0. The number of rotatable bonds is 4. The Bertz CT molecular complexity index is 821. The van der Waals surface area contributed by atoms with Crippen LogP contribution in [-0.2, 0) is 14.3 Å². The Balaban J connectivity index is 1.36. The minimum absolute atomic E-state index is 0.0784. The van der Waals surface area contributed by atoms with E-state index in [4.69, 9.17) is 4.74 Å². The number of carbonyl (C=O) groups excluding carboxylic acids is 2. The molecule has 122 valence electrons. The molecule has 0 radical (unpaired) electrons. The zero-order valence-corrected chi connectivity index (χ0v) is 13.3. The summed E-state index contributed by atoms with van der Waals surface area (Å²) in [5, 5.41) is 4.86. The van der Waals surface area contributed by atoms with Crippen LogP contribution in [0.15, 0.2) is 54.6 Å². The lowest BCUT2D eigenvalue weighted by molar-refractivity contribution is -0.152. The topological polar surface area (TPSA) is 55.4 Å². The van der Waals surface area contributed by atoms with E-state index in [1.54, 1.807) is 0 Å². The summed E-state index contributed by atoms with van der Waals surface area (Å²) in [6.07, 6.45) is 6.19. The van der Waals surface area contributed by atoms with Crippen LogP contribution in [0.3, 0.4) is 0 Å². The molecule has 3 atom stereocenters. The van der Waals surface area contributed by atoms with Crippen molar-refractivity contribution in [1.29, 1.82) is 0 Å². The van der Waals surface area contributed by atoms with Gasteiger partial charge in [-0.05, 0) is 36.1 Å². The van der Waals surface area contributed by atoms with Crippen LogP contribution in [0.1, 0.15) is 12.8 Å². The standard InChI is InChI=1S/C20H19NO3/c22-19(12-24-20(23)17-11-13-8-9-15(17)10-13)21-18-7-3-5-14-4-1-2-6-16(14)18/h1-9,13,15,17H,10-12H2,(H,21,22). The first kappa shape index (κ1) is 14.9. The summed E-state index contributed by atoms with van der Waals surface area (Å²) in [5.74, 6) is 0.171. The molecule has 24 heavy (non-hydrogen) atoms. The number of fused-ring (bicyclic) bond motifs is 3. The molecule has 0 aromatic heterocycles. The Labute approximate surface area is 140 Å². The maximum absolute atomic E-state index is 12.2. The minimum atomic E-state index is -0.307. The van der Waals surface area contributed by atoms with Crippen molar-refractivity contribution in [3.63, 3.8) is 0 Å². The molecule has 1 amide bonds. The highest BCUT2D eigenvalue weighted by Crippen LogP contribution is 2.43. The molecule has 2 bridgehead atoms. The van der Waals surface area contributed by atoms with E-state index < -0.39 is 0 Å². The zero-order chi connectivity index (χ0) is 16.5. The van der Waals surface area contributed by atoms with Gasteiger partial charge < -0.3 is 10.1 Å². The van der Waals surface area contributed by atoms with Crippen LogP contribution < -0.4 is 5.32 Å². The van der Waals surface area contributed by atoms with E-state index in [0.29, 0.717) is 11.8 Å². The van der Waals surface area contributed by atoms with Gasteiger partial charge in [-0.1, -0.05) is 48.6 Å². The number of hydrogen-bond acceptors (Lipinski definition) is 3. The van der Waals surface area contributed by atoms with Crippen LogP contribution in [0.5, 0.6) is 0 Å². The molecule has 1 N–H and O–H groups in total. The molecule has 3 unspecified atom stereocenters. The van der Waals surface area contributed by atoms with Crippen LogP contribution in [0.25, 0.3) is 10.8 Å². The van der Waals surface area contributed by atoms with E-state index in [-0.39, 0.29) is 24.4 Å². The lowest BCUT2D eigenvalue weighted by Gasteiger charge is -2.16. The number of benzene rings is 2. The fourth-order valence-electron chi connectivity index (χ4n) is 3.82. The van der Waals surface area contributed by atoms with Crippen LogP contribution in [0, 0.1) is 17.8 Å². The van der Waals surface area contributed by atoms with Gasteiger partial charge in [0.05, 0.1) is 5.92 Å². The summed E-state index contributed by atoms with van der Waals surface area (Å²) in [5.41, 5.74) is 0.733. The van der Waals surface area contributed by atoms with Gasteiger partial charge in [-0.2, -0.15) is 0 Å². The molecule has 4 rings (SSSR count). The molecule has 2 aromatic carbocycles. The zero-order valence-electron chi connectivity index (χ0n) is 13.3. The largest absolute Gasteiger partial charge is 0.455 e. The summed E-state index contributed by atoms with van der Waals surface area (Å²) < 4.78 is 5.24. The van der Waals surface area contributed by atoms with Crippen molar-refractivity contribution >= 4 is 28.3 Å². The summed E-state index contributed by atoms with van der Waals surface area (Å²) in [6, 6.07) is 13.6. The summed E-state index contributed by atoms with van der Waals surface area (Å²) in [4.78, 5) is 24.3. The van der Waals surface area contributed by atoms with Crippen molar-refractivity contribution in [2.45, 2.75) is 12.8 Å². The summed E-state index contributed by atoms with van der Waals surface area (Å²) >= 11 is 0. The maximum atomic E-state index is 12.2. The van der Waals surface area contributed by atoms with Gasteiger partial charge in [-0.15, -0.1) is 0 Å². The van der Waals surface area contributed by atoms with E-state index in [0.717, 1.165) is 29.3 Å². The molecule has 1 fully saturated rings. The van der Waals surface area contributed by atoms with Crippen molar-refractivity contribution in [2.75, 3.05) is 11.9 Å². The molecule has 2 aromatic rings. The number of amides is 1. The number of esters is 1. The van der Waals surface area contributed by atoms with E-state index in [1.807, 2.05) is 42.5 Å². The molecule has 2 aliphatic carbocycles. The van der Waals surface area contributed by atoms with Gasteiger partial charge in [-0.25, -0.2) is 0 Å². The smallest absolute Gasteiger partial charge is 0.310 e. The molecule has 2 aliphatic rings. The lowest BCUT2D eigenvalue weighted by atomic mass is 9.94. The minimum Gasteiger partial charge on any atom is -0.455 e. The number of allylic oxidation sites excluding steroid dienone is 2. The number of hydrogen-bond donors (Lipinski definition) is 1. The van der Waals surface area contributed by atoms with Crippen molar-refractivity contribution < 1.29 is 14.3 Å². The normalized spacial score (nSPS) is 24.2. The number of ether oxygens (including phenoxy) is 1. The molecule has 0 saturated heterocycles. The predicted molar refractivity (Wildman–Crippen MR) is 92.4 cm³/mol. The van der Waals surface area contributed by atoms with Gasteiger partial charge in [0.25, 0.3) is 5.91 Å². The van der Waals surface area contributed by atoms with E-state index >= 15 is 0 Å². The molecular formula is C20H19NO3. The average Bonchev–Trinajstić information content (AvgIpc) is 3.23. The molecular weight excluding hydrogens is 302 g/mol. The monoisotopic (exact) mass is 321 g/mol. The summed E-state index contributed by atoms with van der Waals surface area (Å²) in [6.45, 7) is -0.236. The highest BCUT2D eigenvalue weighted by Gasteiger charge is 2.40. The Morgan fingerprint density at radius 3 is 2.67 bits per heavy atom. The first-order valence-corrected chi connectivity index (χ1v) is 8.33. The molecule has 4 heteroatoms. The maximum Gasteiger partial charge on any atom is 0.310 e. The van der Waals surface area contributed by atoms with Crippen LogP contribution in [-0.4, -0.2) is 18.5 Å². The highest BCUT2D eigenvalue weighted by atomic mass is 16.5. The molecule has 4 nitrogen and oxygen atoms in total. The van der Waals surface area contributed by atoms with Gasteiger partial charge in [0.1, 0.15) is 0 Å². The lowest BCUT2D eigenvalue weighted by Crippen LogP contribution is -2.26. The quantitative estimate of drug-likeness (QED) is 0.692. The van der Waals surface area contributed by atoms with Crippen LogP contribution in [0.2, 0.25) is 0 Å². The van der Waals surface area contributed by atoms with Gasteiger partial charge in [-0.3, -0.25) is 9.59 Å². The molecule has 0 spiro atoms. The van der Waals surface area contributed by atoms with Crippen molar-refractivity contribution in [2.24, 2.45) is 17.8 Å². The van der Waals surface area contributed by atoms with Crippen molar-refractivity contribution in [1.82, 2.24) is 0 Å². The second kappa shape index (κ2) is 6.11. The Hall–Kier alpha value is -2.62. The van der Waals surface area contributed by atoms with Crippen LogP contribution >= 0.6 is 0 Å². The Kier molecular flexibility index (Phi) is 3.81. The molecule has 1 saturated carbocycles. The van der Waals surface area contributed by atoms with Gasteiger partial charge in [0, 0.05) is 11.1 Å². The fourth-order valence-corrected chi connectivity index (χ4v) is 3.82. The SMILES string of the molecule is O=C(COC(=O)C1CC2C=CC1C2)Nc1cccc2ccccc12. The molecule has 0 heterocycles. The van der Waals surface area contributed by atoms with E-state index in [1.165, 1.54) is 0 Å². The third-order valence-corrected chi connectivity index (χ3v) is 4.99. The van der Waals surface area contributed by atoms with Gasteiger partial charge >= 0.3 is 5.97 Å². The second-order valence-electron chi connectivity index (χ2n) is 6.57. The molecule has 0 aliphatic heterocycles. The number of nitrogens with one attached hydrogen (secondary N) is 1. The van der Waals surface area contributed by atoms with Crippen LogP contribution in [0.4, 0.5) is 5.69 Å². The predicted octanol–water partition coefficient (Wildman–Crippen LogP) is 3.53. The first-order valence-electron chi connectivity index (χ1n) is 8.33. The van der Waals surface area contributed by atoms with Gasteiger partial charge in [0.2, 0.25) is 0 Å². The third-order valence-electron chi connectivity index (χ3n) is 4.99. The van der Waals surface area contributed by atoms with E-state index in [2.05, 4.69) is 17.5 Å². The highest BCUT2D eigenvalue weighted by molar-refractivity contribution is 6.02. The van der Waals surface area contributed by atoms with E-state index in [9.17, 15) is 9.59 Å². The van der Waals surface area contributed by atoms with Crippen molar-refractivity contribution in [3.05, 3.63) is 54.6 Å². The van der Waals surface area contributed by atoms with Gasteiger partial charge in [0.15, 0.2) is 6.61 Å². The number of anilines is 1. The third kappa shape index (κ3) is 2.80. The fraction of sp³-hybridized carbons (Fsp3) is 0.300. The Morgan fingerprint density at radius 2 is 1.88 bits per heavy atom. The van der Waals surface area contributed by atoms with Crippen molar-refractivity contribution in [3.8, 4) is 0 Å². The average molecular weight is 321 g/mol.